The number of aromatic nitrogens is 2. The number of nitrogens with two attached hydrogens (primary N) is 1. The summed E-state index contributed by atoms with van der Waals surface area (Å²) in [6.45, 7) is 2.13. The summed E-state index contributed by atoms with van der Waals surface area (Å²) in [5.74, 6) is -0.00351. The van der Waals surface area contributed by atoms with Gasteiger partial charge in [-0.15, -0.1) is 10.2 Å². The maximum atomic E-state index is 11.9. The van der Waals surface area contributed by atoms with Crippen LogP contribution < -0.4 is 11.1 Å². The molecule has 0 saturated heterocycles. The number of benzene rings is 1. The highest BCUT2D eigenvalue weighted by Gasteiger charge is 2.07. The summed E-state index contributed by atoms with van der Waals surface area (Å²) < 4.78 is 0. The average Bonchev–Trinajstić information content (AvgIpc) is 2.42. The van der Waals surface area contributed by atoms with Crippen molar-refractivity contribution in [2.75, 3.05) is 11.1 Å². The molecule has 0 fully saturated rings. The summed E-state index contributed by atoms with van der Waals surface area (Å²) in [6, 6.07) is 10.9. The van der Waals surface area contributed by atoms with Gasteiger partial charge >= 0.3 is 0 Å². The topological polar surface area (TPSA) is 80.9 Å². The van der Waals surface area contributed by atoms with E-state index in [0.29, 0.717) is 5.82 Å². The van der Waals surface area contributed by atoms with Crippen LogP contribution in [0.3, 0.4) is 0 Å². The van der Waals surface area contributed by atoms with Gasteiger partial charge in [0.2, 0.25) is 0 Å². The Balaban J connectivity index is 2.04. The number of anilines is 2. The fourth-order valence-corrected chi connectivity index (χ4v) is 1.70. The van der Waals surface area contributed by atoms with Crippen molar-refractivity contribution in [3.05, 3.63) is 47.7 Å². The molecule has 1 amide bonds. The van der Waals surface area contributed by atoms with E-state index in [4.69, 9.17) is 5.73 Å². The number of hydrogen-bond donors (Lipinski definition) is 2. The lowest BCUT2D eigenvalue weighted by Gasteiger charge is -2.05. The van der Waals surface area contributed by atoms with Crippen LogP contribution in [0.2, 0.25) is 0 Å². The molecule has 1 aromatic carbocycles. The fourth-order valence-electron chi connectivity index (χ4n) is 1.70. The van der Waals surface area contributed by atoms with Gasteiger partial charge < -0.3 is 11.1 Å². The van der Waals surface area contributed by atoms with Crippen LogP contribution in [-0.2, 0) is 6.42 Å². The third-order valence-corrected chi connectivity index (χ3v) is 2.67. The second-order valence-corrected chi connectivity index (χ2v) is 4.24. The number of amides is 1. The first-order valence-corrected chi connectivity index (χ1v) is 6.18. The van der Waals surface area contributed by atoms with Crippen LogP contribution >= 0.6 is 0 Å². The summed E-state index contributed by atoms with van der Waals surface area (Å²) in [4.78, 5) is 11.9. The Bertz CT molecular complexity index is 549. The number of carbonyl (C=O) groups excluding carboxylic acids is 1. The molecule has 1 heterocycles. The molecule has 1 aromatic heterocycles. The van der Waals surface area contributed by atoms with Crippen LogP contribution in [0.15, 0.2) is 36.4 Å². The summed E-state index contributed by atoms with van der Waals surface area (Å²) >= 11 is 0. The van der Waals surface area contributed by atoms with Crippen molar-refractivity contribution in [1.29, 1.82) is 0 Å². The van der Waals surface area contributed by atoms with Gasteiger partial charge in [-0.05, 0) is 36.2 Å². The monoisotopic (exact) mass is 256 g/mol. The van der Waals surface area contributed by atoms with Crippen molar-refractivity contribution in [1.82, 2.24) is 10.2 Å². The van der Waals surface area contributed by atoms with E-state index in [0.717, 1.165) is 18.5 Å². The van der Waals surface area contributed by atoms with Crippen LogP contribution in [0.1, 0.15) is 29.4 Å². The fraction of sp³-hybridized carbons (Fsp3) is 0.214. The number of carbonyl (C=O) groups is 1. The molecular weight excluding hydrogens is 240 g/mol. The molecule has 5 nitrogen and oxygen atoms in total. The molecule has 98 valence electrons. The molecule has 0 aliphatic carbocycles. The smallest absolute Gasteiger partial charge is 0.276 e. The Kier molecular flexibility index (Phi) is 4.07. The number of hydrogen-bond acceptors (Lipinski definition) is 4. The van der Waals surface area contributed by atoms with Crippen molar-refractivity contribution in [3.8, 4) is 0 Å². The average molecular weight is 256 g/mol. The molecule has 0 radical (unpaired) electrons. The van der Waals surface area contributed by atoms with Crippen molar-refractivity contribution < 1.29 is 4.79 Å². The minimum absolute atomic E-state index is 0.242. The van der Waals surface area contributed by atoms with Crippen LogP contribution in [0.4, 0.5) is 11.5 Å². The van der Waals surface area contributed by atoms with Crippen molar-refractivity contribution in [2.45, 2.75) is 19.8 Å². The van der Waals surface area contributed by atoms with E-state index in [1.807, 2.05) is 24.3 Å². The molecule has 0 atom stereocenters. The van der Waals surface area contributed by atoms with E-state index >= 15 is 0 Å². The van der Waals surface area contributed by atoms with Gasteiger partial charge in [0.25, 0.3) is 5.91 Å². The Morgan fingerprint density at radius 1 is 1.16 bits per heavy atom. The SMILES string of the molecule is CCCc1ccc(NC(=O)c2ccc(N)nn2)cc1. The zero-order chi connectivity index (χ0) is 13.7. The molecule has 19 heavy (non-hydrogen) atoms. The molecule has 2 rings (SSSR count). The lowest BCUT2D eigenvalue weighted by Crippen LogP contribution is -2.14. The minimum atomic E-state index is -0.296. The first kappa shape index (κ1) is 13.0. The number of rotatable bonds is 4. The Hall–Kier alpha value is -2.43. The van der Waals surface area contributed by atoms with E-state index in [2.05, 4.69) is 22.4 Å². The summed E-state index contributed by atoms with van der Waals surface area (Å²) in [7, 11) is 0. The van der Waals surface area contributed by atoms with Gasteiger partial charge in [0, 0.05) is 5.69 Å². The standard InChI is InChI=1S/C14H16N4O/c1-2-3-10-4-6-11(7-5-10)16-14(19)12-8-9-13(15)18-17-12/h4-9H,2-3H2,1H3,(H2,15,18)(H,16,19). The van der Waals surface area contributed by atoms with Crippen molar-refractivity contribution >= 4 is 17.4 Å². The molecule has 5 heteroatoms. The van der Waals surface area contributed by atoms with Crippen molar-refractivity contribution in [3.63, 3.8) is 0 Å². The van der Waals surface area contributed by atoms with Crippen LogP contribution in [0.25, 0.3) is 0 Å². The molecule has 0 unspecified atom stereocenters. The molecule has 0 aliphatic rings. The Labute approximate surface area is 111 Å². The third-order valence-electron chi connectivity index (χ3n) is 2.67. The Morgan fingerprint density at radius 3 is 2.47 bits per heavy atom. The van der Waals surface area contributed by atoms with Gasteiger partial charge in [-0.1, -0.05) is 25.5 Å². The highest BCUT2D eigenvalue weighted by Crippen LogP contribution is 2.12. The lowest BCUT2D eigenvalue weighted by molar-refractivity contribution is 0.102. The van der Waals surface area contributed by atoms with E-state index in [-0.39, 0.29) is 11.6 Å². The van der Waals surface area contributed by atoms with Crippen LogP contribution in [0, 0.1) is 0 Å². The first-order chi connectivity index (χ1) is 9.19. The quantitative estimate of drug-likeness (QED) is 0.879. The zero-order valence-electron chi connectivity index (χ0n) is 10.8. The highest BCUT2D eigenvalue weighted by atomic mass is 16.1. The summed E-state index contributed by atoms with van der Waals surface area (Å²) in [6.07, 6.45) is 2.14. The largest absolute Gasteiger partial charge is 0.382 e. The van der Waals surface area contributed by atoms with Gasteiger partial charge in [0.1, 0.15) is 5.82 Å². The zero-order valence-corrected chi connectivity index (χ0v) is 10.8. The lowest BCUT2D eigenvalue weighted by atomic mass is 10.1. The number of nitrogens with one attached hydrogen (secondary N) is 1. The molecule has 0 bridgehead atoms. The van der Waals surface area contributed by atoms with Gasteiger partial charge in [-0.2, -0.15) is 0 Å². The minimum Gasteiger partial charge on any atom is -0.382 e. The van der Waals surface area contributed by atoms with E-state index in [1.165, 1.54) is 5.56 Å². The van der Waals surface area contributed by atoms with E-state index in [9.17, 15) is 4.79 Å². The second kappa shape index (κ2) is 5.95. The van der Waals surface area contributed by atoms with E-state index in [1.54, 1.807) is 12.1 Å². The van der Waals surface area contributed by atoms with Crippen molar-refractivity contribution in [2.24, 2.45) is 0 Å². The van der Waals surface area contributed by atoms with Gasteiger partial charge in [0.15, 0.2) is 5.69 Å². The predicted octanol–water partition coefficient (Wildman–Crippen LogP) is 2.26. The maximum absolute atomic E-state index is 11.9. The van der Waals surface area contributed by atoms with Crippen LogP contribution in [0.5, 0.6) is 0 Å². The van der Waals surface area contributed by atoms with Gasteiger partial charge in [-0.25, -0.2) is 0 Å². The highest BCUT2D eigenvalue weighted by molar-refractivity contribution is 6.02. The second-order valence-electron chi connectivity index (χ2n) is 4.24. The number of nitrogens with zero attached hydrogens (tertiary/aromatic N) is 2. The molecule has 0 saturated carbocycles. The van der Waals surface area contributed by atoms with Gasteiger partial charge in [0.05, 0.1) is 0 Å². The Morgan fingerprint density at radius 2 is 1.89 bits per heavy atom. The maximum Gasteiger partial charge on any atom is 0.276 e. The third kappa shape index (κ3) is 3.51. The molecule has 0 spiro atoms. The number of aryl methyl sites for hydroxylation is 1. The molecular formula is C14H16N4O. The number of nitrogen functional groups attached to an aromatic ring is 1. The normalized spacial score (nSPS) is 10.2. The first-order valence-electron chi connectivity index (χ1n) is 6.18. The molecule has 2 aromatic rings. The molecule has 0 aliphatic heterocycles. The summed E-state index contributed by atoms with van der Waals surface area (Å²) in [5.41, 5.74) is 7.66. The molecule has 3 N–H and O–H groups in total. The van der Waals surface area contributed by atoms with Gasteiger partial charge in [-0.3, -0.25) is 4.79 Å². The van der Waals surface area contributed by atoms with E-state index < -0.39 is 0 Å². The van der Waals surface area contributed by atoms with Crippen LogP contribution in [-0.4, -0.2) is 16.1 Å². The summed E-state index contributed by atoms with van der Waals surface area (Å²) in [5, 5.41) is 10.1. The predicted molar refractivity (Wildman–Crippen MR) is 74.8 cm³/mol.